The maximum absolute atomic E-state index is 11.0. The standard InChI is InChI=1S/C9H14O4/c1-5(10)9(6(2)11)7(3)13-8(4)12/h7,9H,1-4H3. The molecule has 0 saturated heterocycles. The van der Waals surface area contributed by atoms with Crippen LogP contribution in [0.15, 0.2) is 0 Å². The Hall–Kier alpha value is -1.19. The predicted octanol–water partition coefficient (Wildman–Crippen LogP) is 0.732. The van der Waals surface area contributed by atoms with Crippen molar-refractivity contribution in [3.8, 4) is 0 Å². The Morgan fingerprint density at radius 2 is 1.38 bits per heavy atom. The SMILES string of the molecule is CC(=O)OC(C)C(C(C)=O)C(C)=O. The van der Waals surface area contributed by atoms with Gasteiger partial charge in [0.2, 0.25) is 0 Å². The molecule has 0 bridgehead atoms. The van der Waals surface area contributed by atoms with E-state index >= 15 is 0 Å². The lowest BCUT2D eigenvalue weighted by atomic mass is 9.95. The maximum Gasteiger partial charge on any atom is 0.302 e. The Bertz CT molecular complexity index is 218. The van der Waals surface area contributed by atoms with E-state index in [0.29, 0.717) is 0 Å². The summed E-state index contributed by atoms with van der Waals surface area (Å²) in [5.74, 6) is -1.87. The van der Waals surface area contributed by atoms with Gasteiger partial charge in [-0.2, -0.15) is 0 Å². The molecular formula is C9H14O4. The van der Waals surface area contributed by atoms with Gasteiger partial charge in [0.1, 0.15) is 23.6 Å². The third-order valence-corrected chi connectivity index (χ3v) is 1.70. The van der Waals surface area contributed by atoms with Crippen LogP contribution in [0.2, 0.25) is 0 Å². The molecule has 13 heavy (non-hydrogen) atoms. The quantitative estimate of drug-likeness (QED) is 0.479. The van der Waals surface area contributed by atoms with Gasteiger partial charge in [0, 0.05) is 6.92 Å². The first-order chi connectivity index (χ1) is 5.86. The molecule has 0 fully saturated rings. The molecule has 0 heterocycles. The summed E-state index contributed by atoms with van der Waals surface area (Å²) in [4.78, 5) is 32.6. The van der Waals surface area contributed by atoms with Crippen LogP contribution in [0.1, 0.15) is 27.7 Å². The van der Waals surface area contributed by atoms with Crippen LogP contribution in [0, 0.1) is 5.92 Å². The van der Waals surface area contributed by atoms with Crippen molar-refractivity contribution in [2.75, 3.05) is 0 Å². The van der Waals surface area contributed by atoms with Crippen LogP contribution in [0.3, 0.4) is 0 Å². The smallest absolute Gasteiger partial charge is 0.302 e. The van der Waals surface area contributed by atoms with Gasteiger partial charge in [0.25, 0.3) is 0 Å². The minimum Gasteiger partial charge on any atom is -0.462 e. The van der Waals surface area contributed by atoms with Gasteiger partial charge < -0.3 is 4.74 Å². The lowest BCUT2D eigenvalue weighted by Crippen LogP contribution is -2.33. The summed E-state index contributed by atoms with van der Waals surface area (Å²) in [7, 11) is 0. The van der Waals surface area contributed by atoms with E-state index in [1.165, 1.54) is 27.7 Å². The third kappa shape index (κ3) is 3.83. The molecule has 0 spiro atoms. The van der Waals surface area contributed by atoms with Gasteiger partial charge in [0.15, 0.2) is 0 Å². The van der Waals surface area contributed by atoms with Crippen molar-refractivity contribution >= 4 is 17.5 Å². The van der Waals surface area contributed by atoms with Gasteiger partial charge in [-0.25, -0.2) is 0 Å². The number of ketones is 2. The van der Waals surface area contributed by atoms with Crippen LogP contribution in [-0.2, 0) is 19.1 Å². The average Bonchev–Trinajstić information content (AvgIpc) is 1.81. The second-order valence-electron chi connectivity index (χ2n) is 3.01. The fourth-order valence-corrected chi connectivity index (χ4v) is 1.28. The van der Waals surface area contributed by atoms with E-state index in [2.05, 4.69) is 0 Å². The number of carbonyl (C=O) groups excluding carboxylic acids is 3. The Morgan fingerprint density at radius 1 is 1.00 bits per heavy atom. The van der Waals surface area contributed by atoms with Crippen molar-refractivity contribution < 1.29 is 19.1 Å². The Morgan fingerprint density at radius 3 is 1.62 bits per heavy atom. The molecule has 0 aliphatic carbocycles. The van der Waals surface area contributed by atoms with Crippen LogP contribution < -0.4 is 0 Å². The summed E-state index contributed by atoms with van der Waals surface area (Å²) in [6, 6.07) is 0. The van der Waals surface area contributed by atoms with Gasteiger partial charge in [-0.15, -0.1) is 0 Å². The summed E-state index contributed by atoms with van der Waals surface area (Å²) in [6.45, 7) is 5.40. The Labute approximate surface area is 77.3 Å². The lowest BCUT2D eigenvalue weighted by molar-refractivity contribution is -0.151. The van der Waals surface area contributed by atoms with Gasteiger partial charge in [0.05, 0.1) is 0 Å². The highest BCUT2D eigenvalue weighted by Crippen LogP contribution is 2.10. The van der Waals surface area contributed by atoms with E-state index in [9.17, 15) is 14.4 Å². The molecule has 0 aromatic heterocycles. The fraction of sp³-hybridized carbons (Fsp3) is 0.667. The summed E-state index contributed by atoms with van der Waals surface area (Å²) >= 11 is 0. The van der Waals surface area contributed by atoms with Crippen LogP contribution in [-0.4, -0.2) is 23.6 Å². The van der Waals surface area contributed by atoms with E-state index in [-0.39, 0.29) is 11.6 Å². The molecule has 4 heteroatoms. The molecular weight excluding hydrogens is 172 g/mol. The monoisotopic (exact) mass is 186 g/mol. The zero-order valence-electron chi connectivity index (χ0n) is 8.29. The molecule has 0 aliphatic heterocycles. The number of ether oxygens (including phenoxy) is 1. The number of carbonyl (C=O) groups is 3. The van der Waals surface area contributed by atoms with Gasteiger partial charge in [-0.1, -0.05) is 0 Å². The number of esters is 1. The van der Waals surface area contributed by atoms with E-state index in [1.807, 2.05) is 0 Å². The normalized spacial score (nSPS) is 12.4. The molecule has 0 saturated carbocycles. The van der Waals surface area contributed by atoms with Crippen molar-refractivity contribution in [1.29, 1.82) is 0 Å². The second-order valence-corrected chi connectivity index (χ2v) is 3.01. The molecule has 0 aliphatic rings. The summed E-state index contributed by atoms with van der Waals surface area (Å²) in [6.07, 6.45) is -0.674. The zero-order valence-corrected chi connectivity index (χ0v) is 8.29. The maximum atomic E-state index is 11.0. The van der Waals surface area contributed by atoms with Crippen molar-refractivity contribution in [3.05, 3.63) is 0 Å². The highest BCUT2D eigenvalue weighted by atomic mass is 16.5. The summed E-state index contributed by atoms with van der Waals surface area (Å²) in [5, 5.41) is 0. The van der Waals surface area contributed by atoms with Crippen LogP contribution in [0.25, 0.3) is 0 Å². The first-order valence-corrected chi connectivity index (χ1v) is 4.04. The molecule has 0 aromatic carbocycles. The van der Waals surface area contributed by atoms with E-state index in [4.69, 9.17) is 4.74 Å². The number of Topliss-reactive ketones (excluding diaryl/α,β-unsaturated/α-hetero) is 2. The van der Waals surface area contributed by atoms with Crippen molar-refractivity contribution in [2.45, 2.75) is 33.8 Å². The number of hydrogen-bond donors (Lipinski definition) is 0. The summed E-state index contributed by atoms with van der Waals surface area (Å²) < 4.78 is 4.75. The highest BCUT2D eigenvalue weighted by Gasteiger charge is 2.28. The average molecular weight is 186 g/mol. The molecule has 0 radical (unpaired) electrons. The van der Waals surface area contributed by atoms with Crippen molar-refractivity contribution in [1.82, 2.24) is 0 Å². The molecule has 0 aromatic rings. The predicted molar refractivity (Wildman–Crippen MR) is 46.1 cm³/mol. The Balaban J connectivity index is 4.46. The molecule has 4 nitrogen and oxygen atoms in total. The highest BCUT2D eigenvalue weighted by molar-refractivity contribution is 6.01. The number of rotatable bonds is 4. The molecule has 0 N–H and O–H groups in total. The van der Waals surface area contributed by atoms with Crippen LogP contribution in [0.5, 0.6) is 0 Å². The topological polar surface area (TPSA) is 60.4 Å². The zero-order chi connectivity index (χ0) is 10.6. The third-order valence-electron chi connectivity index (χ3n) is 1.70. The molecule has 1 atom stereocenters. The molecule has 0 amide bonds. The van der Waals surface area contributed by atoms with E-state index < -0.39 is 18.0 Å². The van der Waals surface area contributed by atoms with Crippen LogP contribution >= 0.6 is 0 Å². The minimum absolute atomic E-state index is 0.277. The first-order valence-electron chi connectivity index (χ1n) is 4.04. The van der Waals surface area contributed by atoms with Gasteiger partial charge in [-0.05, 0) is 20.8 Å². The first kappa shape index (κ1) is 11.8. The molecule has 0 rings (SSSR count). The largest absolute Gasteiger partial charge is 0.462 e. The van der Waals surface area contributed by atoms with E-state index in [0.717, 1.165) is 0 Å². The van der Waals surface area contributed by atoms with Gasteiger partial charge in [-0.3, -0.25) is 14.4 Å². The van der Waals surface area contributed by atoms with Crippen molar-refractivity contribution in [3.63, 3.8) is 0 Å². The van der Waals surface area contributed by atoms with E-state index in [1.54, 1.807) is 0 Å². The lowest BCUT2D eigenvalue weighted by Gasteiger charge is -2.18. The summed E-state index contributed by atoms with van der Waals surface area (Å²) in [5.41, 5.74) is 0. The van der Waals surface area contributed by atoms with Crippen LogP contribution in [0.4, 0.5) is 0 Å². The van der Waals surface area contributed by atoms with Gasteiger partial charge >= 0.3 is 5.97 Å². The molecule has 1 unspecified atom stereocenters. The second kappa shape index (κ2) is 4.74. The molecule has 74 valence electrons. The fourth-order valence-electron chi connectivity index (χ4n) is 1.28. The Kier molecular flexibility index (Phi) is 4.31. The van der Waals surface area contributed by atoms with Crippen molar-refractivity contribution in [2.24, 2.45) is 5.92 Å². The minimum atomic E-state index is -0.830. The number of hydrogen-bond acceptors (Lipinski definition) is 4.